The summed E-state index contributed by atoms with van der Waals surface area (Å²) >= 11 is 2.10. The van der Waals surface area contributed by atoms with Gasteiger partial charge in [-0.3, -0.25) is 0 Å². The molecule has 1 fully saturated rings. The third kappa shape index (κ3) is 5.23. The molecule has 0 bridgehead atoms. The molecular formula is C12H26N2S. The summed E-state index contributed by atoms with van der Waals surface area (Å²) < 4.78 is 0. The summed E-state index contributed by atoms with van der Waals surface area (Å²) in [4.78, 5) is 2.44. The highest BCUT2D eigenvalue weighted by molar-refractivity contribution is 7.99. The second-order valence-corrected chi connectivity index (χ2v) is 5.82. The largest absolute Gasteiger partial charge is 0.315 e. The Morgan fingerprint density at radius 3 is 2.93 bits per heavy atom. The fourth-order valence-corrected chi connectivity index (χ4v) is 3.12. The number of thioether (sulfide) groups is 1. The van der Waals surface area contributed by atoms with Crippen LogP contribution in [0.3, 0.4) is 0 Å². The van der Waals surface area contributed by atoms with E-state index < -0.39 is 0 Å². The summed E-state index contributed by atoms with van der Waals surface area (Å²) in [7, 11) is 2.22. The van der Waals surface area contributed by atoms with Gasteiger partial charge in [0, 0.05) is 19.1 Å². The zero-order chi connectivity index (χ0) is 11.1. The maximum Gasteiger partial charge on any atom is 0.0107 e. The van der Waals surface area contributed by atoms with Crippen LogP contribution in [-0.2, 0) is 0 Å². The van der Waals surface area contributed by atoms with Crippen LogP contribution >= 0.6 is 11.8 Å². The van der Waals surface area contributed by atoms with Gasteiger partial charge in [-0.05, 0) is 50.8 Å². The van der Waals surface area contributed by atoms with Gasteiger partial charge in [0.1, 0.15) is 0 Å². The maximum atomic E-state index is 3.58. The summed E-state index contributed by atoms with van der Waals surface area (Å²) in [5.74, 6) is 3.68. The Kier molecular flexibility index (Phi) is 6.69. The van der Waals surface area contributed by atoms with E-state index in [2.05, 4.69) is 42.9 Å². The van der Waals surface area contributed by atoms with E-state index in [-0.39, 0.29) is 0 Å². The fraction of sp³-hybridized carbons (Fsp3) is 1.00. The molecule has 90 valence electrons. The van der Waals surface area contributed by atoms with Gasteiger partial charge in [-0.15, -0.1) is 0 Å². The van der Waals surface area contributed by atoms with Gasteiger partial charge in [0.25, 0.3) is 0 Å². The lowest BCUT2D eigenvalue weighted by Gasteiger charge is -2.23. The van der Waals surface area contributed by atoms with Crippen LogP contribution < -0.4 is 5.32 Å². The predicted octanol–water partition coefficient (Wildman–Crippen LogP) is 2.06. The normalized spacial score (nSPS) is 23.6. The molecule has 1 rings (SSSR count). The van der Waals surface area contributed by atoms with Crippen LogP contribution in [0, 0.1) is 5.92 Å². The van der Waals surface area contributed by atoms with Crippen molar-refractivity contribution in [1.29, 1.82) is 0 Å². The lowest BCUT2D eigenvalue weighted by Crippen LogP contribution is -2.36. The van der Waals surface area contributed by atoms with Crippen LogP contribution in [0.25, 0.3) is 0 Å². The lowest BCUT2D eigenvalue weighted by molar-refractivity contribution is 0.250. The van der Waals surface area contributed by atoms with E-state index in [0.29, 0.717) is 6.04 Å². The Bertz CT molecular complexity index is 158. The van der Waals surface area contributed by atoms with Crippen molar-refractivity contribution in [1.82, 2.24) is 10.2 Å². The molecule has 1 heterocycles. The molecule has 0 spiro atoms. The molecule has 2 nitrogen and oxygen atoms in total. The van der Waals surface area contributed by atoms with Crippen LogP contribution in [0.1, 0.15) is 26.7 Å². The average molecular weight is 230 g/mol. The van der Waals surface area contributed by atoms with Gasteiger partial charge in [0.05, 0.1) is 0 Å². The Morgan fingerprint density at radius 1 is 1.53 bits per heavy atom. The summed E-state index contributed by atoms with van der Waals surface area (Å²) in [6, 6.07) is 0.717. The standard InChI is InChI=1S/C12H26N2S/c1-4-11(2)14(3)7-6-13-9-12-5-8-15-10-12/h11-13H,4-10H2,1-3H3. The first kappa shape index (κ1) is 13.3. The van der Waals surface area contributed by atoms with E-state index in [4.69, 9.17) is 0 Å². The van der Waals surface area contributed by atoms with E-state index in [1.54, 1.807) is 0 Å². The van der Waals surface area contributed by atoms with Crippen molar-refractivity contribution in [3.05, 3.63) is 0 Å². The van der Waals surface area contributed by atoms with Crippen molar-refractivity contribution in [2.24, 2.45) is 5.92 Å². The highest BCUT2D eigenvalue weighted by Gasteiger charge is 2.14. The molecule has 0 aliphatic carbocycles. The molecule has 1 saturated heterocycles. The summed E-state index contributed by atoms with van der Waals surface area (Å²) in [5.41, 5.74) is 0. The first-order chi connectivity index (χ1) is 7.24. The molecule has 0 amide bonds. The predicted molar refractivity (Wildman–Crippen MR) is 70.7 cm³/mol. The van der Waals surface area contributed by atoms with Crippen LogP contribution in [0.5, 0.6) is 0 Å². The summed E-state index contributed by atoms with van der Waals surface area (Å²) in [6.45, 7) is 8.09. The monoisotopic (exact) mass is 230 g/mol. The van der Waals surface area contributed by atoms with Crippen molar-refractivity contribution in [2.45, 2.75) is 32.7 Å². The van der Waals surface area contributed by atoms with E-state index in [1.807, 2.05) is 0 Å². The van der Waals surface area contributed by atoms with Gasteiger partial charge in [0.2, 0.25) is 0 Å². The molecule has 1 N–H and O–H groups in total. The molecule has 0 aromatic heterocycles. The fourth-order valence-electron chi connectivity index (χ4n) is 1.84. The third-order valence-electron chi connectivity index (χ3n) is 3.44. The second kappa shape index (κ2) is 7.53. The zero-order valence-corrected chi connectivity index (χ0v) is 11.3. The molecular weight excluding hydrogens is 204 g/mol. The van der Waals surface area contributed by atoms with Crippen molar-refractivity contribution >= 4 is 11.8 Å². The Balaban J connectivity index is 1.96. The third-order valence-corrected chi connectivity index (χ3v) is 4.67. The molecule has 1 aliphatic heterocycles. The summed E-state index contributed by atoms with van der Waals surface area (Å²) in [5, 5.41) is 3.58. The van der Waals surface area contributed by atoms with Crippen molar-refractivity contribution in [3.8, 4) is 0 Å². The van der Waals surface area contributed by atoms with Crippen molar-refractivity contribution < 1.29 is 0 Å². The van der Waals surface area contributed by atoms with E-state index in [1.165, 1.54) is 37.4 Å². The second-order valence-electron chi connectivity index (χ2n) is 4.67. The molecule has 0 aromatic rings. The number of nitrogens with zero attached hydrogens (tertiary/aromatic N) is 1. The van der Waals surface area contributed by atoms with E-state index in [9.17, 15) is 0 Å². The first-order valence-electron chi connectivity index (χ1n) is 6.22. The molecule has 0 radical (unpaired) electrons. The molecule has 1 aliphatic rings. The number of hydrogen-bond donors (Lipinski definition) is 1. The number of likely N-dealkylation sites (N-methyl/N-ethyl adjacent to an activating group) is 1. The molecule has 2 unspecified atom stereocenters. The van der Waals surface area contributed by atoms with Crippen LogP contribution in [-0.4, -0.2) is 49.1 Å². The highest BCUT2D eigenvalue weighted by atomic mass is 32.2. The highest BCUT2D eigenvalue weighted by Crippen LogP contribution is 2.22. The first-order valence-corrected chi connectivity index (χ1v) is 7.38. The molecule has 0 aromatic carbocycles. The Morgan fingerprint density at radius 2 is 2.33 bits per heavy atom. The maximum absolute atomic E-state index is 3.58. The minimum absolute atomic E-state index is 0.717. The van der Waals surface area contributed by atoms with Gasteiger partial charge in [-0.1, -0.05) is 6.92 Å². The van der Waals surface area contributed by atoms with Gasteiger partial charge >= 0.3 is 0 Å². The smallest absolute Gasteiger partial charge is 0.0107 e. The summed E-state index contributed by atoms with van der Waals surface area (Å²) in [6.07, 6.45) is 2.66. The van der Waals surface area contributed by atoms with Crippen LogP contribution in [0.15, 0.2) is 0 Å². The lowest BCUT2D eigenvalue weighted by atomic mass is 10.1. The van der Waals surface area contributed by atoms with E-state index >= 15 is 0 Å². The van der Waals surface area contributed by atoms with Crippen LogP contribution in [0.2, 0.25) is 0 Å². The molecule has 15 heavy (non-hydrogen) atoms. The number of hydrogen-bond acceptors (Lipinski definition) is 3. The van der Waals surface area contributed by atoms with Gasteiger partial charge < -0.3 is 10.2 Å². The number of rotatable bonds is 7. The quantitative estimate of drug-likeness (QED) is 0.674. The molecule has 0 saturated carbocycles. The SMILES string of the molecule is CCC(C)N(C)CCNCC1CCSC1. The van der Waals surface area contributed by atoms with E-state index in [0.717, 1.165) is 12.5 Å². The van der Waals surface area contributed by atoms with Crippen molar-refractivity contribution in [2.75, 3.05) is 38.2 Å². The van der Waals surface area contributed by atoms with Crippen LogP contribution in [0.4, 0.5) is 0 Å². The topological polar surface area (TPSA) is 15.3 Å². The Labute approximate surface area is 99.2 Å². The van der Waals surface area contributed by atoms with Crippen molar-refractivity contribution in [3.63, 3.8) is 0 Å². The average Bonchev–Trinajstić information content (AvgIpc) is 2.75. The minimum Gasteiger partial charge on any atom is -0.315 e. The number of nitrogens with one attached hydrogen (secondary N) is 1. The minimum atomic E-state index is 0.717. The Hall–Kier alpha value is 0.270. The van der Waals surface area contributed by atoms with Gasteiger partial charge in [-0.2, -0.15) is 11.8 Å². The zero-order valence-electron chi connectivity index (χ0n) is 10.5. The van der Waals surface area contributed by atoms with Gasteiger partial charge in [0.15, 0.2) is 0 Å². The van der Waals surface area contributed by atoms with Gasteiger partial charge in [-0.25, -0.2) is 0 Å². The molecule has 3 heteroatoms. The molecule has 2 atom stereocenters.